The fourth-order valence-electron chi connectivity index (χ4n) is 7.42. The number of fused-ring (bicyclic) bond motifs is 5. The Morgan fingerprint density at radius 1 is 1.23 bits per heavy atom. The molecule has 0 bridgehead atoms. The average molecular weight is 364 g/mol. The smallest absolute Gasteiger partial charge is 0.155 e. The van der Waals surface area contributed by atoms with Crippen LogP contribution in [0.4, 0.5) is 0 Å². The lowest BCUT2D eigenvalue weighted by atomic mass is 9.45. The summed E-state index contributed by atoms with van der Waals surface area (Å²) in [6, 6.07) is 0. The molecule has 4 aliphatic carbocycles. The van der Waals surface area contributed by atoms with Crippen molar-refractivity contribution in [3.05, 3.63) is 11.6 Å². The van der Waals surface area contributed by atoms with Crippen LogP contribution in [0, 0.1) is 28.6 Å². The molecule has 1 unspecified atom stereocenters. The first-order chi connectivity index (χ1) is 12.2. The third-order valence-electron chi connectivity index (χ3n) is 8.84. The Hall–Kier alpha value is -0.750. The molecule has 5 nitrogen and oxygen atoms in total. The van der Waals surface area contributed by atoms with E-state index in [1.54, 1.807) is 0 Å². The molecule has 0 saturated heterocycles. The van der Waals surface area contributed by atoms with Gasteiger partial charge in [0.15, 0.2) is 5.78 Å². The SMILES string of the molecule is C[C@]12CCC(=O)C=C1CC[C@@H]1C2[C@H](O)C[C@@]2(C)[C@H]1CC[C@]2(O)[C@@H](O)CO. The summed E-state index contributed by atoms with van der Waals surface area (Å²) in [5, 5.41) is 42.3. The third kappa shape index (κ3) is 2.20. The van der Waals surface area contributed by atoms with Gasteiger partial charge in [-0.25, -0.2) is 0 Å². The van der Waals surface area contributed by atoms with E-state index in [0.717, 1.165) is 25.7 Å². The number of hydrogen-bond acceptors (Lipinski definition) is 5. The largest absolute Gasteiger partial charge is 0.394 e. The summed E-state index contributed by atoms with van der Waals surface area (Å²) >= 11 is 0. The molecule has 8 atom stereocenters. The van der Waals surface area contributed by atoms with Gasteiger partial charge in [0.2, 0.25) is 0 Å². The van der Waals surface area contributed by atoms with Crippen LogP contribution in [0.15, 0.2) is 11.6 Å². The first kappa shape index (κ1) is 18.6. The predicted octanol–water partition coefficient (Wildman–Crippen LogP) is 1.57. The molecule has 0 heterocycles. The Labute approximate surface area is 155 Å². The summed E-state index contributed by atoms with van der Waals surface area (Å²) in [4.78, 5) is 11.9. The lowest BCUT2D eigenvalue weighted by Gasteiger charge is -2.61. The maximum absolute atomic E-state index is 11.9. The van der Waals surface area contributed by atoms with Crippen LogP contribution in [-0.4, -0.2) is 50.6 Å². The molecule has 26 heavy (non-hydrogen) atoms. The third-order valence-corrected chi connectivity index (χ3v) is 8.84. The van der Waals surface area contributed by atoms with Gasteiger partial charge in [-0.05, 0) is 67.8 Å². The van der Waals surface area contributed by atoms with Crippen molar-refractivity contribution in [2.24, 2.45) is 28.6 Å². The molecule has 146 valence electrons. The van der Waals surface area contributed by atoms with Crippen molar-refractivity contribution in [3.8, 4) is 0 Å². The van der Waals surface area contributed by atoms with Crippen LogP contribution in [0.2, 0.25) is 0 Å². The molecular formula is C21H32O5. The molecule has 4 N–H and O–H groups in total. The quantitative estimate of drug-likeness (QED) is 0.596. The molecule has 0 aromatic carbocycles. The highest BCUT2D eigenvalue weighted by molar-refractivity contribution is 5.91. The van der Waals surface area contributed by atoms with Crippen LogP contribution in [-0.2, 0) is 4.79 Å². The maximum Gasteiger partial charge on any atom is 0.155 e. The second kappa shape index (κ2) is 5.87. The fraction of sp³-hybridized carbons (Fsp3) is 0.857. The highest BCUT2D eigenvalue weighted by Crippen LogP contribution is 2.67. The van der Waals surface area contributed by atoms with Crippen LogP contribution < -0.4 is 0 Å². The number of allylic oxidation sites excluding steroid dienone is 1. The lowest BCUT2D eigenvalue weighted by Crippen LogP contribution is -2.63. The molecule has 0 aliphatic heterocycles. The molecule has 4 aliphatic rings. The van der Waals surface area contributed by atoms with E-state index in [4.69, 9.17) is 0 Å². The van der Waals surface area contributed by atoms with Crippen LogP contribution >= 0.6 is 0 Å². The van der Waals surface area contributed by atoms with E-state index in [0.29, 0.717) is 19.3 Å². The van der Waals surface area contributed by atoms with Crippen LogP contribution in [0.25, 0.3) is 0 Å². The standard InChI is InChI=1S/C21H32O5/c1-19-7-5-13(23)9-12(19)3-4-14-15-6-8-21(26,17(25)11-22)20(15,2)10-16(24)18(14)19/h9,14-18,22,24-26H,3-8,10-11H2,1-2H3/t14-,15-,16+,17-,18?,19-,20-,21-/m0/s1. The monoisotopic (exact) mass is 364 g/mol. The van der Waals surface area contributed by atoms with E-state index >= 15 is 0 Å². The number of carbonyl (C=O) groups excluding carboxylic acids is 1. The van der Waals surface area contributed by atoms with E-state index < -0.39 is 29.8 Å². The van der Waals surface area contributed by atoms with Gasteiger partial charge in [-0.2, -0.15) is 0 Å². The molecule has 0 radical (unpaired) electrons. The van der Waals surface area contributed by atoms with Crippen LogP contribution in [0.5, 0.6) is 0 Å². The highest BCUT2D eigenvalue weighted by atomic mass is 16.4. The Morgan fingerprint density at radius 3 is 2.65 bits per heavy atom. The zero-order valence-electron chi connectivity index (χ0n) is 15.8. The van der Waals surface area contributed by atoms with Gasteiger partial charge in [-0.3, -0.25) is 4.79 Å². The van der Waals surface area contributed by atoms with Crippen molar-refractivity contribution in [1.82, 2.24) is 0 Å². The molecule has 0 aromatic heterocycles. The Morgan fingerprint density at radius 2 is 1.96 bits per heavy atom. The predicted molar refractivity (Wildman–Crippen MR) is 96.1 cm³/mol. The van der Waals surface area contributed by atoms with Crippen LogP contribution in [0.3, 0.4) is 0 Å². The van der Waals surface area contributed by atoms with E-state index in [2.05, 4.69) is 6.92 Å². The lowest BCUT2D eigenvalue weighted by molar-refractivity contribution is -0.207. The normalized spacial score (nSPS) is 51.9. The second-order valence-electron chi connectivity index (χ2n) is 9.74. The van der Waals surface area contributed by atoms with Gasteiger partial charge in [-0.1, -0.05) is 19.4 Å². The molecule has 0 aromatic rings. The molecule has 5 heteroatoms. The number of hydrogen-bond donors (Lipinski definition) is 4. The molecule has 4 rings (SSSR count). The van der Waals surface area contributed by atoms with Crippen molar-refractivity contribution >= 4 is 5.78 Å². The molecule has 3 fully saturated rings. The summed E-state index contributed by atoms with van der Waals surface area (Å²) in [6.45, 7) is 3.73. The number of aliphatic hydroxyl groups is 4. The summed E-state index contributed by atoms with van der Waals surface area (Å²) in [7, 11) is 0. The minimum absolute atomic E-state index is 0.0993. The zero-order valence-corrected chi connectivity index (χ0v) is 15.8. The summed E-state index contributed by atoms with van der Waals surface area (Å²) < 4.78 is 0. The summed E-state index contributed by atoms with van der Waals surface area (Å²) in [5.74, 6) is 0.798. The van der Waals surface area contributed by atoms with E-state index in [-0.39, 0.29) is 29.0 Å². The number of rotatable bonds is 2. The van der Waals surface area contributed by atoms with Crippen molar-refractivity contribution in [2.45, 2.75) is 76.6 Å². The first-order valence-corrected chi connectivity index (χ1v) is 10.1. The van der Waals surface area contributed by atoms with Crippen LogP contribution in [0.1, 0.15) is 58.8 Å². The highest BCUT2D eigenvalue weighted by Gasteiger charge is 2.67. The molecule has 0 spiro atoms. The van der Waals surface area contributed by atoms with Gasteiger partial charge in [0, 0.05) is 11.8 Å². The van der Waals surface area contributed by atoms with Gasteiger partial charge in [0.1, 0.15) is 6.10 Å². The van der Waals surface area contributed by atoms with Gasteiger partial charge < -0.3 is 20.4 Å². The van der Waals surface area contributed by atoms with E-state index in [9.17, 15) is 25.2 Å². The van der Waals surface area contributed by atoms with Crippen molar-refractivity contribution < 1.29 is 25.2 Å². The van der Waals surface area contributed by atoms with Gasteiger partial charge >= 0.3 is 0 Å². The second-order valence-corrected chi connectivity index (χ2v) is 9.74. The number of aliphatic hydroxyl groups excluding tert-OH is 3. The van der Waals surface area contributed by atoms with E-state index in [1.165, 1.54) is 5.57 Å². The van der Waals surface area contributed by atoms with Crippen molar-refractivity contribution in [2.75, 3.05) is 6.61 Å². The molecular weight excluding hydrogens is 332 g/mol. The Balaban J connectivity index is 1.72. The Kier molecular flexibility index (Phi) is 4.20. The van der Waals surface area contributed by atoms with Crippen molar-refractivity contribution in [1.29, 1.82) is 0 Å². The summed E-state index contributed by atoms with van der Waals surface area (Å²) in [6.07, 6.45) is 4.92. The van der Waals surface area contributed by atoms with Gasteiger partial charge in [-0.15, -0.1) is 0 Å². The first-order valence-electron chi connectivity index (χ1n) is 10.1. The van der Waals surface area contributed by atoms with Crippen molar-refractivity contribution in [3.63, 3.8) is 0 Å². The topological polar surface area (TPSA) is 98.0 Å². The number of carbonyl (C=O) groups is 1. The summed E-state index contributed by atoms with van der Waals surface area (Å²) in [5.41, 5.74) is -0.898. The number of ketones is 1. The average Bonchev–Trinajstić information content (AvgIpc) is 2.86. The van der Waals surface area contributed by atoms with Gasteiger partial charge in [0.25, 0.3) is 0 Å². The Bertz CT molecular complexity index is 644. The zero-order chi connectivity index (χ0) is 18.9. The molecule has 3 saturated carbocycles. The minimum Gasteiger partial charge on any atom is -0.394 e. The fourth-order valence-corrected chi connectivity index (χ4v) is 7.42. The minimum atomic E-state index is -1.35. The maximum atomic E-state index is 11.9. The van der Waals surface area contributed by atoms with E-state index in [1.807, 2.05) is 13.0 Å². The van der Waals surface area contributed by atoms with Gasteiger partial charge in [0.05, 0.1) is 18.3 Å². The molecule has 0 amide bonds.